The van der Waals surface area contributed by atoms with Gasteiger partial charge in [0.25, 0.3) is 0 Å². The van der Waals surface area contributed by atoms with Crippen molar-refractivity contribution >= 4 is 46.3 Å². The van der Waals surface area contributed by atoms with E-state index in [1.54, 1.807) is 47.0 Å². The maximum absolute atomic E-state index is 11.9. The number of rotatable bonds is 4. The van der Waals surface area contributed by atoms with Gasteiger partial charge in [-0.1, -0.05) is 23.4 Å². The van der Waals surface area contributed by atoms with Gasteiger partial charge in [-0.3, -0.25) is 9.20 Å². The van der Waals surface area contributed by atoms with Crippen molar-refractivity contribution in [2.75, 3.05) is 16.8 Å². The average Bonchev–Trinajstić information content (AvgIpc) is 2.90. The van der Waals surface area contributed by atoms with Gasteiger partial charge in [-0.05, 0) is 36.4 Å². The average molecular weight is 334 g/mol. The first-order valence-electron chi connectivity index (χ1n) is 6.40. The number of hydrogen-bond acceptors (Lipinski definition) is 5. The molecule has 8 heteroatoms. The van der Waals surface area contributed by atoms with E-state index < -0.39 is 0 Å². The molecular weight excluding hydrogens is 322 g/mol. The molecule has 6 nitrogen and oxygen atoms in total. The van der Waals surface area contributed by atoms with Gasteiger partial charge in [0.15, 0.2) is 10.8 Å². The number of nitrogens with one attached hydrogen (secondary N) is 1. The van der Waals surface area contributed by atoms with Gasteiger partial charge >= 0.3 is 0 Å². The highest BCUT2D eigenvalue weighted by Gasteiger charge is 2.09. The van der Waals surface area contributed by atoms with Crippen molar-refractivity contribution in [3.63, 3.8) is 0 Å². The number of nitrogens with two attached hydrogens (primary N) is 1. The molecule has 0 atom stereocenters. The number of hydrogen-bond donors (Lipinski definition) is 2. The number of carbonyl (C=O) groups is 1. The van der Waals surface area contributed by atoms with E-state index in [1.165, 1.54) is 11.8 Å². The zero-order valence-corrected chi connectivity index (χ0v) is 12.9. The third-order valence-electron chi connectivity index (χ3n) is 2.85. The molecule has 3 rings (SSSR count). The van der Waals surface area contributed by atoms with Crippen molar-refractivity contribution in [1.29, 1.82) is 0 Å². The summed E-state index contributed by atoms with van der Waals surface area (Å²) in [5.41, 5.74) is 7.75. The summed E-state index contributed by atoms with van der Waals surface area (Å²) in [4.78, 5) is 11.9. The number of amides is 1. The fourth-order valence-corrected chi connectivity index (χ4v) is 2.69. The summed E-state index contributed by atoms with van der Waals surface area (Å²) in [6.45, 7) is 0. The lowest BCUT2D eigenvalue weighted by Gasteiger charge is -2.04. The standard InChI is InChI=1S/C14H12ClN5OS/c15-9-1-4-11(5-2-9)17-13(21)8-22-14-19-18-12-6-3-10(16)7-20(12)14/h1-7H,8,16H2,(H,17,21). The van der Waals surface area contributed by atoms with Crippen LogP contribution in [0.5, 0.6) is 0 Å². The zero-order valence-electron chi connectivity index (χ0n) is 11.4. The summed E-state index contributed by atoms with van der Waals surface area (Å²) < 4.78 is 1.76. The molecule has 1 aromatic carbocycles. The Kier molecular flexibility index (Phi) is 4.17. The van der Waals surface area contributed by atoms with Crippen LogP contribution in [0.15, 0.2) is 47.8 Å². The van der Waals surface area contributed by atoms with Gasteiger partial charge in [0.2, 0.25) is 5.91 Å². The third-order valence-corrected chi connectivity index (χ3v) is 4.05. The number of pyridine rings is 1. The van der Waals surface area contributed by atoms with Gasteiger partial charge in [0.05, 0.1) is 5.75 Å². The van der Waals surface area contributed by atoms with Crippen molar-refractivity contribution in [2.24, 2.45) is 0 Å². The number of nitrogen functional groups attached to an aromatic ring is 1. The normalized spacial score (nSPS) is 10.8. The lowest BCUT2D eigenvalue weighted by Crippen LogP contribution is -2.14. The zero-order chi connectivity index (χ0) is 15.5. The maximum Gasteiger partial charge on any atom is 0.234 e. The van der Waals surface area contributed by atoms with Crippen LogP contribution in [0, 0.1) is 0 Å². The Labute approximate surface area is 135 Å². The fraction of sp³-hybridized carbons (Fsp3) is 0.0714. The van der Waals surface area contributed by atoms with E-state index in [-0.39, 0.29) is 11.7 Å². The summed E-state index contributed by atoms with van der Waals surface area (Å²) in [5, 5.41) is 12.1. The number of anilines is 2. The van der Waals surface area contributed by atoms with Crippen molar-refractivity contribution in [1.82, 2.24) is 14.6 Å². The molecule has 0 saturated carbocycles. The van der Waals surface area contributed by atoms with Crippen molar-refractivity contribution in [3.05, 3.63) is 47.6 Å². The summed E-state index contributed by atoms with van der Waals surface area (Å²) >= 11 is 7.09. The Hall–Kier alpha value is -2.25. The second kappa shape index (κ2) is 6.25. The molecule has 0 radical (unpaired) electrons. The van der Waals surface area contributed by atoms with Crippen LogP contribution in [0.2, 0.25) is 5.02 Å². The van der Waals surface area contributed by atoms with E-state index in [9.17, 15) is 4.79 Å². The Morgan fingerprint density at radius 1 is 1.23 bits per heavy atom. The quantitative estimate of drug-likeness (QED) is 0.717. The minimum atomic E-state index is -0.132. The molecule has 3 N–H and O–H groups in total. The van der Waals surface area contributed by atoms with Crippen LogP contribution >= 0.6 is 23.4 Å². The Bertz CT molecular complexity index is 818. The number of halogens is 1. The number of thioether (sulfide) groups is 1. The molecule has 0 bridgehead atoms. The van der Waals surface area contributed by atoms with Crippen LogP contribution in [0.4, 0.5) is 11.4 Å². The van der Waals surface area contributed by atoms with Crippen LogP contribution in [-0.2, 0) is 4.79 Å². The number of nitrogens with zero attached hydrogens (tertiary/aromatic N) is 3. The predicted molar refractivity (Wildman–Crippen MR) is 88.2 cm³/mol. The van der Waals surface area contributed by atoms with Crippen LogP contribution in [0.25, 0.3) is 5.65 Å². The number of benzene rings is 1. The molecule has 0 saturated heterocycles. The lowest BCUT2D eigenvalue weighted by atomic mass is 10.3. The molecule has 22 heavy (non-hydrogen) atoms. The Morgan fingerprint density at radius 3 is 2.77 bits per heavy atom. The molecule has 0 unspecified atom stereocenters. The molecule has 0 aliphatic rings. The summed E-state index contributed by atoms with van der Waals surface area (Å²) in [6, 6.07) is 10.5. The van der Waals surface area contributed by atoms with Gasteiger partial charge < -0.3 is 11.1 Å². The summed E-state index contributed by atoms with van der Waals surface area (Å²) in [6.07, 6.45) is 1.73. The van der Waals surface area contributed by atoms with Crippen molar-refractivity contribution in [3.8, 4) is 0 Å². The summed E-state index contributed by atoms with van der Waals surface area (Å²) in [5.74, 6) is 0.0890. The molecule has 2 heterocycles. The SMILES string of the molecule is Nc1ccc2nnc(SCC(=O)Nc3ccc(Cl)cc3)n2c1. The number of aromatic nitrogens is 3. The largest absolute Gasteiger partial charge is 0.398 e. The summed E-state index contributed by atoms with van der Waals surface area (Å²) in [7, 11) is 0. The second-order valence-electron chi connectivity index (χ2n) is 4.52. The Morgan fingerprint density at radius 2 is 2.00 bits per heavy atom. The molecule has 0 fully saturated rings. The van der Waals surface area contributed by atoms with E-state index in [0.29, 0.717) is 27.2 Å². The first kappa shape index (κ1) is 14.7. The molecule has 0 aliphatic heterocycles. The monoisotopic (exact) mass is 333 g/mol. The van der Waals surface area contributed by atoms with E-state index in [1.807, 2.05) is 0 Å². The first-order valence-corrected chi connectivity index (χ1v) is 7.77. The van der Waals surface area contributed by atoms with E-state index in [4.69, 9.17) is 17.3 Å². The van der Waals surface area contributed by atoms with E-state index in [0.717, 1.165) is 0 Å². The number of carbonyl (C=O) groups excluding carboxylic acids is 1. The van der Waals surface area contributed by atoms with Gasteiger partial charge in [-0.25, -0.2) is 0 Å². The first-order chi connectivity index (χ1) is 10.6. The highest BCUT2D eigenvalue weighted by atomic mass is 35.5. The van der Waals surface area contributed by atoms with E-state index in [2.05, 4.69) is 15.5 Å². The molecule has 2 aromatic heterocycles. The molecule has 1 amide bonds. The van der Waals surface area contributed by atoms with Crippen LogP contribution < -0.4 is 11.1 Å². The van der Waals surface area contributed by atoms with Crippen molar-refractivity contribution in [2.45, 2.75) is 5.16 Å². The highest BCUT2D eigenvalue weighted by Crippen LogP contribution is 2.19. The molecular formula is C14H12ClN5OS. The van der Waals surface area contributed by atoms with E-state index >= 15 is 0 Å². The minimum absolute atomic E-state index is 0.132. The lowest BCUT2D eigenvalue weighted by molar-refractivity contribution is -0.113. The molecule has 0 spiro atoms. The van der Waals surface area contributed by atoms with Gasteiger partial charge in [0, 0.05) is 22.6 Å². The van der Waals surface area contributed by atoms with Gasteiger partial charge in [-0.15, -0.1) is 10.2 Å². The third kappa shape index (κ3) is 3.32. The maximum atomic E-state index is 11.9. The number of fused-ring (bicyclic) bond motifs is 1. The Balaban J connectivity index is 1.64. The minimum Gasteiger partial charge on any atom is -0.398 e. The van der Waals surface area contributed by atoms with Crippen molar-refractivity contribution < 1.29 is 4.79 Å². The molecule has 3 aromatic rings. The smallest absolute Gasteiger partial charge is 0.234 e. The van der Waals surface area contributed by atoms with Crippen LogP contribution in [-0.4, -0.2) is 26.3 Å². The topological polar surface area (TPSA) is 85.3 Å². The van der Waals surface area contributed by atoms with Gasteiger partial charge in [0.1, 0.15) is 0 Å². The highest BCUT2D eigenvalue weighted by molar-refractivity contribution is 7.99. The molecule has 112 valence electrons. The van der Waals surface area contributed by atoms with Gasteiger partial charge in [-0.2, -0.15) is 0 Å². The van der Waals surface area contributed by atoms with Crippen LogP contribution in [0.3, 0.4) is 0 Å². The molecule has 0 aliphatic carbocycles. The fourth-order valence-electron chi connectivity index (χ4n) is 1.85. The second-order valence-corrected chi connectivity index (χ2v) is 5.90. The predicted octanol–water partition coefficient (Wildman–Crippen LogP) is 2.70. The van der Waals surface area contributed by atoms with Crippen LogP contribution in [0.1, 0.15) is 0 Å².